The summed E-state index contributed by atoms with van der Waals surface area (Å²) in [7, 11) is -3.81. The van der Waals surface area contributed by atoms with Gasteiger partial charge in [0.05, 0.1) is 10.5 Å². The quantitative estimate of drug-likeness (QED) is 0.560. The second-order valence-electron chi connectivity index (χ2n) is 7.89. The topological polar surface area (TPSA) is 101 Å². The molecule has 0 bridgehead atoms. The highest BCUT2D eigenvalue weighted by atomic mass is 32.2. The Labute approximate surface area is 183 Å². The van der Waals surface area contributed by atoms with Gasteiger partial charge in [-0.15, -0.1) is 10.2 Å². The van der Waals surface area contributed by atoms with Crippen molar-refractivity contribution >= 4 is 32.4 Å². The van der Waals surface area contributed by atoms with Gasteiger partial charge in [-0.25, -0.2) is 17.5 Å². The van der Waals surface area contributed by atoms with Crippen LogP contribution in [0.15, 0.2) is 53.4 Å². The first-order chi connectivity index (χ1) is 14.7. The zero-order valence-corrected chi connectivity index (χ0v) is 18.6. The Balaban J connectivity index is 1.55. The first kappa shape index (κ1) is 21.5. The maximum absolute atomic E-state index is 14.3. The van der Waals surface area contributed by atoms with Gasteiger partial charge in [0.1, 0.15) is 10.8 Å². The number of halogens is 1. The SMILES string of the molecule is CC(C)(c1ccccc1)c1nnc(NC(=O)c2cc(S(=O)(=O)NC3CC3)ccc2F)s1. The van der Waals surface area contributed by atoms with Crippen LogP contribution >= 0.6 is 11.3 Å². The summed E-state index contributed by atoms with van der Waals surface area (Å²) >= 11 is 1.18. The Morgan fingerprint density at radius 3 is 2.52 bits per heavy atom. The summed E-state index contributed by atoms with van der Waals surface area (Å²) in [6.45, 7) is 3.99. The third-order valence-electron chi connectivity index (χ3n) is 5.07. The summed E-state index contributed by atoms with van der Waals surface area (Å²) in [5.74, 6) is -1.61. The predicted octanol–water partition coefficient (Wildman–Crippen LogP) is 3.70. The van der Waals surface area contributed by atoms with Crippen LogP contribution in [0.2, 0.25) is 0 Å². The molecular formula is C21H21FN4O3S2. The fourth-order valence-electron chi connectivity index (χ4n) is 3.00. The first-order valence-electron chi connectivity index (χ1n) is 9.69. The van der Waals surface area contributed by atoms with Gasteiger partial charge < -0.3 is 0 Å². The van der Waals surface area contributed by atoms with E-state index in [0.717, 1.165) is 36.6 Å². The fourth-order valence-corrected chi connectivity index (χ4v) is 5.20. The van der Waals surface area contributed by atoms with Crippen molar-refractivity contribution in [3.05, 3.63) is 70.5 Å². The smallest absolute Gasteiger partial charge is 0.260 e. The molecule has 1 heterocycles. The molecule has 0 aliphatic heterocycles. The van der Waals surface area contributed by atoms with Gasteiger partial charge in [-0.05, 0) is 50.5 Å². The van der Waals surface area contributed by atoms with Gasteiger partial charge in [0.15, 0.2) is 0 Å². The lowest BCUT2D eigenvalue weighted by Gasteiger charge is -2.21. The zero-order valence-electron chi connectivity index (χ0n) is 16.9. The van der Waals surface area contributed by atoms with Crippen LogP contribution in [0.25, 0.3) is 0 Å². The number of nitrogens with one attached hydrogen (secondary N) is 2. The van der Waals surface area contributed by atoms with Crippen molar-refractivity contribution in [2.24, 2.45) is 0 Å². The number of carbonyl (C=O) groups excluding carboxylic acids is 1. The van der Waals surface area contributed by atoms with Crippen molar-refractivity contribution in [1.82, 2.24) is 14.9 Å². The molecule has 3 aromatic rings. The third kappa shape index (κ3) is 4.65. The molecule has 1 aliphatic carbocycles. The molecule has 0 atom stereocenters. The van der Waals surface area contributed by atoms with E-state index in [0.29, 0.717) is 5.01 Å². The highest BCUT2D eigenvalue weighted by Crippen LogP contribution is 2.34. The molecule has 10 heteroatoms. The summed E-state index contributed by atoms with van der Waals surface area (Å²) in [6, 6.07) is 12.8. The molecule has 2 aromatic carbocycles. The van der Waals surface area contributed by atoms with E-state index in [9.17, 15) is 17.6 Å². The molecule has 1 amide bonds. The van der Waals surface area contributed by atoms with Gasteiger partial charge in [-0.2, -0.15) is 0 Å². The highest BCUT2D eigenvalue weighted by molar-refractivity contribution is 7.89. The van der Waals surface area contributed by atoms with Gasteiger partial charge >= 0.3 is 0 Å². The summed E-state index contributed by atoms with van der Waals surface area (Å²) in [4.78, 5) is 12.5. The van der Waals surface area contributed by atoms with E-state index in [1.807, 2.05) is 44.2 Å². The molecule has 4 rings (SSSR count). The Morgan fingerprint density at radius 1 is 1.13 bits per heavy atom. The largest absolute Gasteiger partial charge is 0.296 e. The van der Waals surface area contributed by atoms with E-state index in [4.69, 9.17) is 0 Å². The molecule has 2 N–H and O–H groups in total. The zero-order chi connectivity index (χ0) is 22.2. The number of hydrogen-bond donors (Lipinski definition) is 2. The lowest BCUT2D eigenvalue weighted by molar-refractivity contribution is 0.102. The molecule has 0 saturated heterocycles. The molecule has 0 spiro atoms. The maximum Gasteiger partial charge on any atom is 0.260 e. The summed E-state index contributed by atoms with van der Waals surface area (Å²) in [5.41, 5.74) is 0.226. The normalized spacial score (nSPS) is 14.4. The standard InChI is InChI=1S/C21H21FN4O3S2/c1-21(2,13-6-4-3-5-7-13)19-24-25-20(30-19)23-18(27)16-12-15(10-11-17(16)22)31(28,29)26-14-8-9-14/h3-7,10-12,14,26H,8-9H2,1-2H3,(H,23,25,27). The fraction of sp³-hybridized carbons (Fsp3) is 0.286. The summed E-state index contributed by atoms with van der Waals surface area (Å²) in [5, 5.41) is 11.6. The van der Waals surface area contributed by atoms with Crippen molar-refractivity contribution in [1.29, 1.82) is 0 Å². The van der Waals surface area contributed by atoms with Crippen molar-refractivity contribution in [2.75, 3.05) is 5.32 Å². The van der Waals surface area contributed by atoms with Gasteiger partial charge in [-0.1, -0.05) is 41.7 Å². The van der Waals surface area contributed by atoms with E-state index in [2.05, 4.69) is 20.2 Å². The highest BCUT2D eigenvalue weighted by Gasteiger charge is 2.30. The number of carbonyl (C=O) groups is 1. The van der Waals surface area contributed by atoms with Crippen molar-refractivity contribution in [3.63, 3.8) is 0 Å². The van der Waals surface area contributed by atoms with E-state index < -0.39 is 27.2 Å². The molecule has 7 nitrogen and oxygen atoms in total. The second-order valence-corrected chi connectivity index (χ2v) is 10.6. The van der Waals surface area contributed by atoms with Crippen LogP contribution in [0.1, 0.15) is 47.6 Å². The third-order valence-corrected chi connectivity index (χ3v) is 7.75. The Morgan fingerprint density at radius 2 is 1.84 bits per heavy atom. The molecule has 1 aromatic heterocycles. The average molecular weight is 461 g/mol. The van der Waals surface area contributed by atoms with E-state index in [-0.39, 0.29) is 21.6 Å². The van der Waals surface area contributed by atoms with Crippen molar-refractivity contribution in [2.45, 2.75) is 43.0 Å². The molecule has 1 aliphatic rings. The number of sulfonamides is 1. The van der Waals surface area contributed by atoms with Gasteiger partial charge in [0.2, 0.25) is 15.2 Å². The molecule has 1 saturated carbocycles. The molecular weight excluding hydrogens is 439 g/mol. The molecule has 0 unspecified atom stereocenters. The van der Waals surface area contributed by atoms with E-state index in [1.54, 1.807) is 0 Å². The number of amides is 1. The number of aromatic nitrogens is 2. The van der Waals surface area contributed by atoms with Gasteiger partial charge in [-0.3, -0.25) is 10.1 Å². The van der Waals surface area contributed by atoms with Crippen LogP contribution in [0, 0.1) is 5.82 Å². The van der Waals surface area contributed by atoms with Gasteiger partial charge in [0.25, 0.3) is 5.91 Å². The summed E-state index contributed by atoms with van der Waals surface area (Å²) in [6.07, 6.45) is 1.54. The molecule has 31 heavy (non-hydrogen) atoms. The number of anilines is 1. The predicted molar refractivity (Wildman–Crippen MR) is 116 cm³/mol. The summed E-state index contributed by atoms with van der Waals surface area (Å²) < 4.78 is 41.6. The number of nitrogens with zero attached hydrogens (tertiary/aromatic N) is 2. The first-order valence-corrected chi connectivity index (χ1v) is 12.0. The lowest BCUT2D eigenvalue weighted by Crippen LogP contribution is -2.26. The maximum atomic E-state index is 14.3. The Bertz CT molecular complexity index is 1220. The monoisotopic (exact) mass is 460 g/mol. The average Bonchev–Trinajstić information content (AvgIpc) is 3.41. The lowest BCUT2D eigenvalue weighted by atomic mass is 9.85. The second kappa shape index (κ2) is 8.10. The van der Waals surface area contributed by atoms with E-state index in [1.165, 1.54) is 11.3 Å². The minimum Gasteiger partial charge on any atom is -0.296 e. The Hall–Kier alpha value is -2.69. The van der Waals surface area contributed by atoms with Crippen LogP contribution < -0.4 is 10.0 Å². The number of benzene rings is 2. The van der Waals surface area contributed by atoms with Crippen LogP contribution in [0.5, 0.6) is 0 Å². The minimum atomic E-state index is -3.81. The molecule has 0 radical (unpaired) electrons. The van der Waals surface area contributed by atoms with Crippen LogP contribution in [0.3, 0.4) is 0 Å². The van der Waals surface area contributed by atoms with Crippen LogP contribution in [-0.4, -0.2) is 30.6 Å². The van der Waals surface area contributed by atoms with E-state index >= 15 is 0 Å². The minimum absolute atomic E-state index is 0.0971. The van der Waals surface area contributed by atoms with Crippen LogP contribution in [0.4, 0.5) is 9.52 Å². The van der Waals surface area contributed by atoms with Crippen LogP contribution in [-0.2, 0) is 15.4 Å². The number of hydrogen-bond acceptors (Lipinski definition) is 6. The van der Waals surface area contributed by atoms with Crippen molar-refractivity contribution < 1.29 is 17.6 Å². The molecule has 162 valence electrons. The van der Waals surface area contributed by atoms with Gasteiger partial charge in [0, 0.05) is 11.5 Å². The Kier molecular flexibility index (Phi) is 5.63. The number of rotatable bonds is 7. The van der Waals surface area contributed by atoms with Crippen molar-refractivity contribution in [3.8, 4) is 0 Å². The molecule has 1 fully saturated rings.